The highest BCUT2D eigenvalue weighted by molar-refractivity contribution is 5.92. The van der Waals surface area contributed by atoms with Crippen LogP contribution in [0.15, 0.2) is 0 Å². The second kappa shape index (κ2) is 6.23. The second-order valence-corrected chi connectivity index (χ2v) is 1.96. The Hall–Kier alpha value is -1.50. The molecule has 0 aliphatic rings. The molecule has 1 N–H and O–H groups in total. The predicted octanol–water partition coefficient (Wildman–Crippen LogP) is -0.311. The summed E-state index contributed by atoms with van der Waals surface area (Å²) in [5.74, 6) is 1.02. The van der Waals surface area contributed by atoms with Gasteiger partial charge in [0.15, 0.2) is 0 Å². The minimum atomic E-state index is -0.515. The van der Waals surface area contributed by atoms with Crippen LogP contribution < -0.4 is 5.32 Å². The molecule has 0 bridgehead atoms. The van der Waals surface area contributed by atoms with Crippen molar-refractivity contribution in [3.63, 3.8) is 0 Å². The zero-order valence-corrected chi connectivity index (χ0v) is 6.92. The molecule has 0 heterocycles. The maximum absolute atomic E-state index is 10.7. The number of esters is 1. The summed E-state index contributed by atoms with van der Waals surface area (Å²) in [6.07, 6.45) is 4.92. The fourth-order valence-corrected chi connectivity index (χ4v) is 0.562. The first-order chi connectivity index (χ1) is 5.70. The molecule has 0 spiro atoms. The minimum Gasteiger partial charge on any atom is -0.466 e. The molecule has 0 saturated heterocycles. The molecule has 4 nitrogen and oxygen atoms in total. The second-order valence-electron chi connectivity index (χ2n) is 1.96. The highest BCUT2D eigenvalue weighted by Crippen LogP contribution is 1.83. The van der Waals surface area contributed by atoms with Gasteiger partial charge >= 0.3 is 5.97 Å². The van der Waals surface area contributed by atoms with Crippen LogP contribution >= 0.6 is 0 Å². The molecular formula is C8H11NO3. The largest absolute Gasteiger partial charge is 0.466 e. The van der Waals surface area contributed by atoms with Crippen LogP contribution in [0.2, 0.25) is 0 Å². The summed E-state index contributed by atoms with van der Waals surface area (Å²) in [5.41, 5.74) is 0. The van der Waals surface area contributed by atoms with Gasteiger partial charge in [-0.1, -0.05) is 0 Å². The molecule has 0 rings (SSSR count). The van der Waals surface area contributed by atoms with E-state index in [9.17, 15) is 9.59 Å². The van der Waals surface area contributed by atoms with E-state index in [2.05, 4.69) is 10.1 Å². The van der Waals surface area contributed by atoms with E-state index in [1.54, 1.807) is 6.92 Å². The lowest BCUT2D eigenvalue weighted by atomic mass is 10.4. The SMILES string of the molecule is C#CC(=O)NCCC(=O)OCC. The Bertz CT molecular complexity index is 205. The van der Waals surface area contributed by atoms with Crippen molar-refractivity contribution in [3.05, 3.63) is 0 Å². The van der Waals surface area contributed by atoms with Crippen LogP contribution in [0.1, 0.15) is 13.3 Å². The van der Waals surface area contributed by atoms with Gasteiger partial charge in [0.2, 0.25) is 0 Å². The topological polar surface area (TPSA) is 55.4 Å². The van der Waals surface area contributed by atoms with Crippen molar-refractivity contribution in [1.29, 1.82) is 0 Å². The number of terminal acetylenes is 1. The van der Waals surface area contributed by atoms with Gasteiger partial charge in [0.25, 0.3) is 5.91 Å². The molecule has 0 unspecified atom stereocenters. The van der Waals surface area contributed by atoms with Crippen molar-refractivity contribution < 1.29 is 14.3 Å². The Morgan fingerprint density at radius 3 is 2.75 bits per heavy atom. The van der Waals surface area contributed by atoms with Crippen LogP contribution in [0, 0.1) is 12.3 Å². The van der Waals surface area contributed by atoms with Crippen LogP contribution in [0.5, 0.6) is 0 Å². The molecule has 0 aromatic rings. The molecule has 0 aromatic heterocycles. The number of carbonyl (C=O) groups is 2. The van der Waals surface area contributed by atoms with Crippen LogP contribution in [0.25, 0.3) is 0 Å². The van der Waals surface area contributed by atoms with Crippen molar-refractivity contribution in [2.75, 3.05) is 13.2 Å². The maximum atomic E-state index is 10.7. The minimum absolute atomic E-state index is 0.154. The van der Waals surface area contributed by atoms with E-state index in [4.69, 9.17) is 6.42 Å². The highest BCUT2D eigenvalue weighted by atomic mass is 16.5. The molecule has 0 aliphatic heterocycles. The Balaban J connectivity index is 3.38. The van der Waals surface area contributed by atoms with E-state index in [0.29, 0.717) is 6.61 Å². The lowest BCUT2D eigenvalue weighted by molar-refractivity contribution is -0.142. The van der Waals surface area contributed by atoms with Gasteiger partial charge in [0.05, 0.1) is 13.0 Å². The average Bonchev–Trinajstić information content (AvgIpc) is 2.04. The fraction of sp³-hybridized carbons (Fsp3) is 0.500. The molecular weight excluding hydrogens is 158 g/mol. The Morgan fingerprint density at radius 2 is 2.25 bits per heavy atom. The number of amides is 1. The van der Waals surface area contributed by atoms with Gasteiger partial charge in [-0.05, 0) is 12.8 Å². The van der Waals surface area contributed by atoms with Crippen molar-refractivity contribution in [3.8, 4) is 12.3 Å². The molecule has 0 aromatic carbocycles. The number of carbonyl (C=O) groups excluding carboxylic acids is 2. The Labute approximate surface area is 71.3 Å². The summed E-state index contributed by atoms with van der Waals surface area (Å²) in [6, 6.07) is 0. The normalized spacial score (nSPS) is 8.33. The van der Waals surface area contributed by atoms with Crippen molar-refractivity contribution in [1.82, 2.24) is 5.32 Å². The van der Waals surface area contributed by atoms with Gasteiger partial charge in [-0.2, -0.15) is 0 Å². The summed E-state index contributed by atoms with van der Waals surface area (Å²) in [7, 11) is 0. The monoisotopic (exact) mass is 169 g/mol. The van der Waals surface area contributed by atoms with Gasteiger partial charge in [-0.15, -0.1) is 6.42 Å². The van der Waals surface area contributed by atoms with E-state index < -0.39 is 5.91 Å². The van der Waals surface area contributed by atoms with Crippen LogP contribution in [0.4, 0.5) is 0 Å². The Morgan fingerprint density at radius 1 is 1.58 bits per heavy atom. The van der Waals surface area contributed by atoms with E-state index in [1.165, 1.54) is 0 Å². The zero-order valence-electron chi connectivity index (χ0n) is 6.92. The number of rotatable bonds is 4. The van der Waals surface area contributed by atoms with Crippen molar-refractivity contribution in [2.24, 2.45) is 0 Å². The summed E-state index contributed by atoms with van der Waals surface area (Å²) in [5, 5.41) is 2.35. The summed E-state index contributed by atoms with van der Waals surface area (Å²) in [6.45, 7) is 2.29. The third kappa shape index (κ3) is 5.30. The van der Waals surface area contributed by atoms with Gasteiger partial charge in [-0.25, -0.2) is 0 Å². The highest BCUT2D eigenvalue weighted by Gasteiger charge is 2.01. The van der Waals surface area contributed by atoms with Crippen LogP contribution in [-0.2, 0) is 14.3 Å². The molecule has 0 aliphatic carbocycles. The van der Waals surface area contributed by atoms with Gasteiger partial charge in [0, 0.05) is 6.54 Å². The quantitative estimate of drug-likeness (QED) is 0.464. The standard InChI is InChI=1S/C8H11NO3/c1-3-7(10)9-6-5-8(11)12-4-2/h1H,4-6H2,2H3,(H,9,10). The fourth-order valence-electron chi connectivity index (χ4n) is 0.562. The van der Waals surface area contributed by atoms with E-state index in [0.717, 1.165) is 0 Å². The first-order valence-corrected chi connectivity index (χ1v) is 3.60. The van der Waals surface area contributed by atoms with Crippen LogP contribution in [-0.4, -0.2) is 25.0 Å². The maximum Gasteiger partial charge on any atom is 0.307 e. The molecule has 0 fully saturated rings. The smallest absolute Gasteiger partial charge is 0.307 e. The average molecular weight is 169 g/mol. The summed E-state index contributed by atoms with van der Waals surface area (Å²) < 4.78 is 4.62. The number of ether oxygens (including phenoxy) is 1. The summed E-state index contributed by atoms with van der Waals surface area (Å²) >= 11 is 0. The van der Waals surface area contributed by atoms with E-state index >= 15 is 0 Å². The molecule has 0 atom stereocenters. The zero-order chi connectivity index (χ0) is 9.40. The lowest BCUT2D eigenvalue weighted by Gasteiger charge is -2.00. The molecule has 66 valence electrons. The molecule has 0 radical (unpaired) electrons. The van der Waals surface area contributed by atoms with Crippen molar-refractivity contribution >= 4 is 11.9 Å². The molecule has 4 heteroatoms. The summed E-state index contributed by atoms with van der Waals surface area (Å²) in [4.78, 5) is 21.1. The molecule has 0 saturated carbocycles. The van der Waals surface area contributed by atoms with Gasteiger partial charge in [0.1, 0.15) is 0 Å². The lowest BCUT2D eigenvalue weighted by Crippen LogP contribution is -2.24. The Kier molecular flexibility index (Phi) is 5.45. The van der Waals surface area contributed by atoms with E-state index in [1.807, 2.05) is 5.92 Å². The van der Waals surface area contributed by atoms with Gasteiger partial charge in [-0.3, -0.25) is 9.59 Å². The van der Waals surface area contributed by atoms with Gasteiger partial charge < -0.3 is 10.1 Å². The molecule has 12 heavy (non-hydrogen) atoms. The third-order valence-corrected chi connectivity index (χ3v) is 1.05. The number of hydrogen-bond acceptors (Lipinski definition) is 3. The van der Waals surface area contributed by atoms with E-state index in [-0.39, 0.29) is 18.9 Å². The third-order valence-electron chi connectivity index (χ3n) is 1.05. The number of nitrogens with one attached hydrogen (secondary N) is 1. The first-order valence-electron chi connectivity index (χ1n) is 3.60. The van der Waals surface area contributed by atoms with Crippen molar-refractivity contribution in [2.45, 2.75) is 13.3 Å². The number of hydrogen-bond donors (Lipinski definition) is 1. The molecule has 1 amide bonds. The first kappa shape index (κ1) is 10.5. The predicted molar refractivity (Wildman–Crippen MR) is 43.1 cm³/mol. The van der Waals surface area contributed by atoms with Crippen LogP contribution in [0.3, 0.4) is 0 Å².